The maximum atomic E-state index is 13.3. The molecule has 8 nitrogen and oxygen atoms in total. The van der Waals surface area contributed by atoms with Gasteiger partial charge in [0, 0.05) is 23.6 Å². The summed E-state index contributed by atoms with van der Waals surface area (Å²) in [5, 5.41) is 11.3. The molecule has 1 aliphatic rings. The number of nitrogens with zero attached hydrogens (tertiary/aromatic N) is 2. The van der Waals surface area contributed by atoms with E-state index in [0.29, 0.717) is 35.6 Å². The summed E-state index contributed by atoms with van der Waals surface area (Å²) in [5.41, 5.74) is 1.40. The molecule has 1 saturated heterocycles. The van der Waals surface area contributed by atoms with Gasteiger partial charge < -0.3 is 14.6 Å². The Labute approximate surface area is 215 Å². The predicted octanol–water partition coefficient (Wildman–Crippen LogP) is 5.06. The van der Waals surface area contributed by atoms with Gasteiger partial charge in [-0.1, -0.05) is 26.0 Å². The van der Waals surface area contributed by atoms with Crippen molar-refractivity contribution < 1.29 is 29.0 Å². The first-order valence-electron chi connectivity index (χ1n) is 12.2. The van der Waals surface area contributed by atoms with Crippen molar-refractivity contribution in [3.05, 3.63) is 95.3 Å². The number of carbonyl (C=O) groups excluding carboxylic acids is 3. The van der Waals surface area contributed by atoms with Gasteiger partial charge in [-0.2, -0.15) is 0 Å². The van der Waals surface area contributed by atoms with Crippen LogP contribution in [0.4, 0.5) is 5.69 Å². The van der Waals surface area contributed by atoms with E-state index in [-0.39, 0.29) is 23.5 Å². The topological polar surface area (TPSA) is 106 Å². The highest BCUT2D eigenvalue weighted by atomic mass is 16.5. The Morgan fingerprint density at radius 1 is 0.973 bits per heavy atom. The summed E-state index contributed by atoms with van der Waals surface area (Å²) in [5.74, 6) is -1.86. The van der Waals surface area contributed by atoms with Crippen LogP contribution < -0.4 is 9.64 Å². The molecule has 3 aromatic rings. The quantitative estimate of drug-likeness (QED) is 0.189. The number of aliphatic hydroxyl groups is 1. The zero-order valence-electron chi connectivity index (χ0n) is 20.7. The summed E-state index contributed by atoms with van der Waals surface area (Å²) >= 11 is 0. The minimum absolute atomic E-state index is 0.0702. The van der Waals surface area contributed by atoms with Crippen molar-refractivity contribution in [3.8, 4) is 5.75 Å². The van der Waals surface area contributed by atoms with Crippen molar-refractivity contribution in [2.24, 2.45) is 0 Å². The number of benzene rings is 2. The molecule has 2 heterocycles. The third-order valence-electron chi connectivity index (χ3n) is 5.84. The molecule has 4 rings (SSSR count). The number of amides is 1. The molecule has 1 amide bonds. The van der Waals surface area contributed by atoms with Crippen molar-refractivity contribution in [2.45, 2.75) is 32.7 Å². The van der Waals surface area contributed by atoms with Crippen LogP contribution in [0.1, 0.15) is 54.2 Å². The second-order valence-electron chi connectivity index (χ2n) is 8.51. The van der Waals surface area contributed by atoms with Gasteiger partial charge in [0.25, 0.3) is 11.7 Å². The molecule has 0 saturated carbocycles. The number of aliphatic hydroxyl groups excluding tert-OH is 1. The molecule has 1 atom stereocenters. The van der Waals surface area contributed by atoms with Gasteiger partial charge in [0.15, 0.2) is 0 Å². The Kier molecular flexibility index (Phi) is 7.98. The van der Waals surface area contributed by atoms with Crippen molar-refractivity contribution >= 4 is 29.1 Å². The average molecular weight is 501 g/mol. The number of hydrogen-bond acceptors (Lipinski definition) is 7. The molecule has 8 heteroatoms. The number of ether oxygens (including phenoxy) is 2. The van der Waals surface area contributed by atoms with Gasteiger partial charge >= 0.3 is 5.97 Å². The van der Waals surface area contributed by atoms with Crippen LogP contribution in [-0.2, 0) is 14.3 Å². The highest BCUT2D eigenvalue weighted by Crippen LogP contribution is 2.42. The van der Waals surface area contributed by atoms with Crippen LogP contribution in [0.3, 0.4) is 0 Å². The van der Waals surface area contributed by atoms with E-state index in [9.17, 15) is 19.5 Å². The molecule has 1 aliphatic heterocycles. The Morgan fingerprint density at radius 2 is 1.73 bits per heavy atom. The Morgan fingerprint density at radius 3 is 2.41 bits per heavy atom. The van der Waals surface area contributed by atoms with E-state index in [4.69, 9.17) is 9.47 Å². The van der Waals surface area contributed by atoms with Crippen molar-refractivity contribution in [1.82, 2.24) is 4.98 Å². The molecule has 0 aliphatic carbocycles. The lowest BCUT2D eigenvalue weighted by Crippen LogP contribution is -2.29. The molecule has 1 fully saturated rings. The highest BCUT2D eigenvalue weighted by Gasteiger charge is 2.47. The summed E-state index contributed by atoms with van der Waals surface area (Å²) in [7, 11) is 0. The molecule has 0 radical (unpaired) electrons. The number of hydrogen-bond donors (Lipinski definition) is 1. The smallest absolute Gasteiger partial charge is 0.338 e. The second kappa shape index (κ2) is 11.5. The van der Waals surface area contributed by atoms with E-state index in [1.165, 1.54) is 17.2 Å². The average Bonchev–Trinajstić information content (AvgIpc) is 3.21. The van der Waals surface area contributed by atoms with Crippen LogP contribution in [0.5, 0.6) is 5.75 Å². The van der Waals surface area contributed by atoms with E-state index in [2.05, 4.69) is 4.98 Å². The number of esters is 1. The fourth-order valence-electron chi connectivity index (χ4n) is 4.10. The predicted molar refractivity (Wildman–Crippen MR) is 138 cm³/mol. The number of Topliss-reactive ketones (excluding diaryl/α,β-unsaturated/α-hetero) is 1. The number of ketones is 1. The second-order valence-corrected chi connectivity index (χ2v) is 8.51. The molecule has 0 spiro atoms. The van der Waals surface area contributed by atoms with Crippen LogP contribution >= 0.6 is 0 Å². The molecule has 0 bridgehead atoms. The van der Waals surface area contributed by atoms with E-state index in [1.807, 2.05) is 13.8 Å². The van der Waals surface area contributed by atoms with Gasteiger partial charge in [0.05, 0.1) is 30.4 Å². The maximum absolute atomic E-state index is 13.3. The van der Waals surface area contributed by atoms with E-state index >= 15 is 0 Å². The number of pyridine rings is 1. The van der Waals surface area contributed by atoms with Crippen molar-refractivity contribution in [1.29, 1.82) is 0 Å². The van der Waals surface area contributed by atoms with Gasteiger partial charge in [-0.05, 0) is 66.9 Å². The normalized spacial score (nSPS) is 16.6. The Bertz CT molecular complexity index is 1320. The van der Waals surface area contributed by atoms with E-state index < -0.39 is 23.7 Å². The summed E-state index contributed by atoms with van der Waals surface area (Å²) in [6.07, 6.45) is 4.65. The Hall–Kier alpha value is -4.46. The molecule has 1 unspecified atom stereocenters. The molecule has 190 valence electrons. The summed E-state index contributed by atoms with van der Waals surface area (Å²) in [4.78, 5) is 44.5. The number of carbonyl (C=O) groups is 3. The fourth-order valence-corrected chi connectivity index (χ4v) is 4.10. The lowest BCUT2D eigenvalue weighted by atomic mass is 9.96. The maximum Gasteiger partial charge on any atom is 0.338 e. The summed E-state index contributed by atoms with van der Waals surface area (Å²) in [6, 6.07) is 15.5. The minimum atomic E-state index is -0.952. The highest BCUT2D eigenvalue weighted by molar-refractivity contribution is 6.51. The lowest BCUT2D eigenvalue weighted by molar-refractivity contribution is -0.132. The van der Waals surface area contributed by atoms with E-state index in [1.54, 1.807) is 60.8 Å². The Balaban J connectivity index is 1.80. The first-order chi connectivity index (χ1) is 18.0. The largest absolute Gasteiger partial charge is 0.507 e. The number of rotatable bonds is 9. The van der Waals surface area contributed by atoms with Gasteiger partial charge in [-0.3, -0.25) is 19.5 Å². The van der Waals surface area contributed by atoms with Crippen LogP contribution in [0.15, 0.2) is 78.6 Å². The molecule has 2 aromatic carbocycles. The molecule has 1 aromatic heterocycles. The van der Waals surface area contributed by atoms with E-state index in [0.717, 1.165) is 6.42 Å². The van der Waals surface area contributed by atoms with Crippen LogP contribution in [0.2, 0.25) is 0 Å². The first kappa shape index (κ1) is 25.6. The summed E-state index contributed by atoms with van der Waals surface area (Å²) < 4.78 is 10.8. The number of anilines is 1. The molecular formula is C29H28N2O6. The lowest BCUT2D eigenvalue weighted by Gasteiger charge is -2.25. The molecular weight excluding hydrogens is 472 g/mol. The number of aromatic nitrogens is 1. The molecule has 1 N–H and O–H groups in total. The van der Waals surface area contributed by atoms with Crippen LogP contribution in [0, 0.1) is 0 Å². The molecule has 37 heavy (non-hydrogen) atoms. The zero-order valence-corrected chi connectivity index (χ0v) is 20.7. The zero-order chi connectivity index (χ0) is 26.4. The first-order valence-corrected chi connectivity index (χ1v) is 12.2. The standard InChI is InChI=1S/C29H28N2O6/c1-3-15-36-23-12-10-19(11-13-23)26(32)24-25(21-8-6-14-30-18-21)31(28(34)27(24)33)22-9-5-7-20(17-22)29(35)37-16-4-2/h5-14,17-18,25,32H,3-4,15-16H2,1-2H3/b26-24+. The third kappa shape index (κ3) is 5.38. The van der Waals surface area contributed by atoms with Gasteiger partial charge in [0.1, 0.15) is 11.5 Å². The minimum Gasteiger partial charge on any atom is -0.507 e. The fraction of sp³-hybridized carbons (Fsp3) is 0.241. The summed E-state index contributed by atoms with van der Waals surface area (Å²) in [6.45, 7) is 4.72. The van der Waals surface area contributed by atoms with Gasteiger partial charge in [-0.25, -0.2) is 4.79 Å². The van der Waals surface area contributed by atoms with Crippen molar-refractivity contribution in [3.63, 3.8) is 0 Å². The third-order valence-corrected chi connectivity index (χ3v) is 5.84. The van der Waals surface area contributed by atoms with Gasteiger partial charge in [-0.15, -0.1) is 0 Å². The van der Waals surface area contributed by atoms with Gasteiger partial charge in [0.2, 0.25) is 0 Å². The van der Waals surface area contributed by atoms with Crippen molar-refractivity contribution in [2.75, 3.05) is 18.1 Å². The SMILES string of the molecule is CCCOC(=O)c1cccc(N2C(=O)C(=O)/C(=C(/O)c3ccc(OCCC)cc3)C2c2cccnc2)c1. The van der Waals surface area contributed by atoms with Crippen LogP contribution in [0.25, 0.3) is 5.76 Å². The monoisotopic (exact) mass is 500 g/mol. The van der Waals surface area contributed by atoms with Crippen LogP contribution in [-0.4, -0.2) is 41.0 Å².